The lowest BCUT2D eigenvalue weighted by Gasteiger charge is -2.18. The second kappa shape index (κ2) is 11.3. The van der Waals surface area contributed by atoms with Crippen molar-refractivity contribution in [3.05, 3.63) is 53.8 Å². The fourth-order valence-electron chi connectivity index (χ4n) is 2.70. The van der Waals surface area contributed by atoms with Crippen molar-refractivity contribution >= 4 is 39.3 Å². The highest BCUT2D eigenvalue weighted by Crippen LogP contribution is 2.31. The highest BCUT2D eigenvalue weighted by molar-refractivity contribution is 7.99. The molecule has 0 radical (unpaired) electrons. The van der Waals surface area contributed by atoms with Gasteiger partial charge in [0.15, 0.2) is 6.61 Å². The van der Waals surface area contributed by atoms with Crippen molar-refractivity contribution in [2.24, 2.45) is 0 Å². The minimum absolute atomic E-state index is 0.0948. The lowest BCUT2D eigenvalue weighted by Crippen LogP contribution is -2.30. The van der Waals surface area contributed by atoms with Crippen LogP contribution in [0.5, 0.6) is 0 Å². The zero-order valence-corrected chi connectivity index (χ0v) is 18.8. The number of benzene rings is 2. The van der Waals surface area contributed by atoms with Crippen molar-refractivity contribution in [1.82, 2.24) is 4.31 Å². The number of amides is 1. The number of hydrogen-bond donors (Lipinski definition) is 1. The van der Waals surface area contributed by atoms with Crippen LogP contribution in [0.15, 0.2) is 52.3 Å². The smallest absolute Gasteiger partial charge is 0.341 e. The Bertz CT molecular complexity index is 1080. The van der Waals surface area contributed by atoms with Crippen LogP contribution in [0, 0.1) is 5.82 Å². The molecule has 12 heteroatoms. The molecular formula is C20H21F3N2O5S2. The molecule has 174 valence electrons. The third-order valence-corrected chi connectivity index (χ3v) is 7.05. The van der Waals surface area contributed by atoms with Gasteiger partial charge in [0.2, 0.25) is 10.0 Å². The lowest BCUT2D eigenvalue weighted by molar-refractivity contribution is -0.119. The Hall–Kier alpha value is -2.57. The maximum atomic E-state index is 14.1. The van der Waals surface area contributed by atoms with E-state index in [4.69, 9.17) is 4.74 Å². The maximum Gasteiger partial charge on any atom is 0.341 e. The summed E-state index contributed by atoms with van der Waals surface area (Å²) in [6.07, 6.45) is 0. The van der Waals surface area contributed by atoms with Crippen molar-refractivity contribution in [2.75, 3.05) is 25.0 Å². The van der Waals surface area contributed by atoms with Crippen LogP contribution in [-0.4, -0.2) is 50.1 Å². The van der Waals surface area contributed by atoms with Crippen LogP contribution in [0.25, 0.3) is 0 Å². The van der Waals surface area contributed by atoms with Gasteiger partial charge in [0.1, 0.15) is 5.82 Å². The van der Waals surface area contributed by atoms with E-state index in [9.17, 15) is 31.2 Å². The SMILES string of the molecule is CCN(CC)S(=O)(=O)c1ccc(F)c(C(=O)OCC(=O)Nc2ccccc2SC(F)F)c1. The van der Waals surface area contributed by atoms with Gasteiger partial charge in [-0.15, -0.1) is 0 Å². The van der Waals surface area contributed by atoms with Crippen LogP contribution in [0.3, 0.4) is 0 Å². The summed E-state index contributed by atoms with van der Waals surface area (Å²) in [5.74, 6) is -5.81. The van der Waals surface area contributed by atoms with E-state index in [1.165, 1.54) is 24.3 Å². The first-order valence-electron chi connectivity index (χ1n) is 9.40. The molecule has 0 aliphatic carbocycles. The van der Waals surface area contributed by atoms with Gasteiger partial charge in [-0.2, -0.15) is 13.1 Å². The van der Waals surface area contributed by atoms with Crippen LogP contribution in [-0.2, 0) is 19.6 Å². The molecule has 0 saturated carbocycles. The molecule has 0 heterocycles. The molecule has 0 spiro atoms. The molecule has 0 saturated heterocycles. The van der Waals surface area contributed by atoms with Crippen LogP contribution in [0.4, 0.5) is 18.9 Å². The van der Waals surface area contributed by atoms with E-state index in [-0.39, 0.29) is 40.3 Å². The summed E-state index contributed by atoms with van der Waals surface area (Å²) in [5.41, 5.74) is -0.558. The Morgan fingerprint density at radius 1 is 1.12 bits per heavy atom. The number of thioether (sulfide) groups is 1. The number of rotatable bonds is 10. The average molecular weight is 491 g/mol. The van der Waals surface area contributed by atoms with Gasteiger partial charge >= 0.3 is 5.97 Å². The topological polar surface area (TPSA) is 92.8 Å². The predicted molar refractivity (Wildman–Crippen MR) is 114 cm³/mol. The molecule has 1 N–H and O–H groups in total. The highest BCUT2D eigenvalue weighted by Gasteiger charge is 2.25. The van der Waals surface area contributed by atoms with E-state index in [1.807, 2.05) is 0 Å². The number of para-hydroxylation sites is 1. The highest BCUT2D eigenvalue weighted by atomic mass is 32.2. The number of nitrogens with zero attached hydrogens (tertiary/aromatic N) is 1. The Morgan fingerprint density at radius 3 is 2.41 bits per heavy atom. The minimum atomic E-state index is -3.94. The molecule has 1 amide bonds. The molecule has 0 fully saturated rings. The Labute approximate surface area is 188 Å². The van der Waals surface area contributed by atoms with Gasteiger partial charge < -0.3 is 10.1 Å². The first-order chi connectivity index (χ1) is 15.1. The first kappa shape index (κ1) is 25.7. The summed E-state index contributed by atoms with van der Waals surface area (Å²) in [6.45, 7) is 2.80. The number of sulfonamides is 1. The summed E-state index contributed by atoms with van der Waals surface area (Å²) in [5, 5.41) is 2.34. The number of nitrogens with one attached hydrogen (secondary N) is 1. The summed E-state index contributed by atoms with van der Waals surface area (Å²) in [7, 11) is -3.94. The van der Waals surface area contributed by atoms with Crippen LogP contribution < -0.4 is 5.32 Å². The number of alkyl halides is 2. The van der Waals surface area contributed by atoms with E-state index in [1.54, 1.807) is 13.8 Å². The predicted octanol–water partition coefficient (Wildman–Crippen LogP) is 3.97. The average Bonchev–Trinajstić information content (AvgIpc) is 2.74. The van der Waals surface area contributed by atoms with Crippen LogP contribution in [0.2, 0.25) is 0 Å². The van der Waals surface area contributed by atoms with Crippen molar-refractivity contribution < 1.29 is 35.9 Å². The number of esters is 1. The number of carbonyl (C=O) groups is 2. The van der Waals surface area contributed by atoms with E-state index < -0.39 is 45.6 Å². The molecule has 2 rings (SSSR count). The number of halogens is 3. The fraction of sp³-hybridized carbons (Fsp3) is 0.300. The molecule has 0 aromatic heterocycles. The van der Waals surface area contributed by atoms with Gasteiger partial charge in [-0.25, -0.2) is 17.6 Å². The molecule has 2 aromatic rings. The van der Waals surface area contributed by atoms with E-state index in [0.717, 1.165) is 22.5 Å². The molecule has 32 heavy (non-hydrogen) atoms. The largest absolute Gasteiger partial charge is 0.452 e. The van der Waals surface area contributed by atoms with Gasteiger partial charge in [0, 0.05) is 18.0 Å². The Kier molecular flexibility index (Phi) is 9.10. The normalized spacial score (nSPS) is 11.6. The molecule has 7 nitrogen and oxygen atoms in total. The summed E-state index contributed by atoms with van der Waals surface area (Å²) >= 11 is 0.234. The Balaban J connectivity index is 2.11. The molecule has 0 aliphatic rings. The van der Waals surface area contributed by atoms with Crippen molar-refractivity contribution in [3.63, 3.8) is 0 Å². The summed E-state index contributed by atoms with van der Waals surface area (Å²) in [6, 6.07) is 8.52. The molecule has 0 aliphatic heterocycles. The first-order valence-corrected chi connectivity index (χ1v) is 11.7. The quantitative estimate of drug-likeness (QED) is 0.400. The number of hydrogen-bond acceptors (Lipinski definition) is 6. The van der Waals surface area contributed by atoms with Gasteiger partial charge in [-0.1, -0.05) is 37.7 Å². The second-order valence-corrected chi connectivity index (χ2v) is 9.20. The zero-order valence-electron chi connectivity index (χ0n) is 17.2. The van der Waals surface area contributed by atoms with Crippen LogP contribution in [0.1, 0.15) is 24.2 Å². The molecule has 0 atom stereocenters. The lowest BCUT2D eigenvalue weighted by atomic mass is 10.2. The van der Waals surface area contributed by atoms with Gasteiger partial charge in [-0.05, 0) is 30.3 Å². The van der Waals surface area contributed by atoms with E-state index >= 15 is 0 Å². The fourth-order valence-corrected chi connectivity index (χ4v) is 4.78. The van der Waals surface area contributed by atoms with Crippen LogP contribution >= 0.6 is 11.8 Å². The number of carbonyl (C=O) groups excluding carboxylic acids is 2. The van der Waals surface area contributed by atoms with Crippen molar-refractivity contribution in [1.29, 1.82) is 0 Å². The molecule has 0 unspecified atom stereocenters. The molecular weight excluding hydrogens is 469 g/mol. The monoisotopic (exact) mass is 490 g/mol. The third kappa shape index (κ3) is 6.47. The second-order valence-electron chi connectivity index (χ2n) is 6.23. The van der Waals surface area contributed by atoms with Gasteiger partial charge in [-0.3, -0.25) is 4.79 Å². The molecule has 2 aromatic carbocycles. The van der Waals surface area contributed by atoms with E-state index in [0.29, 0.717) is 0 Å². The van der Waals surface area contributed by atoms with E-state index in [2.05, 4.69) is 5.32 Å². The summed E-state index contributed by atoms with van der Waals surface area (Å²) in [4.78, 5) is 24.2. The Morgan fingerprint density at radius 2 is 1.78 bits per heavy atom. The number of ether oxygens (including phenoxy) is 1. The standard InChI is InChI=1S/C20H21F3N2O5S2/c1-3-25(4-2)32(28,29)13-9-10-15(21)14(11-13)19(27)30-12-18(26)24-16-7-5-6-8-17(16)31-20(22)23/h5-11,20H,3-4,12H2,1-2H3,(H,24,26). The van der Waals surface area contributed by atoms with Gasteiger partial charge in [0.25, 0.3) is 11.7 Å². The summed E-state index contributed by atoms with van der Waals surface area (Å²) < 4.78 is 70.5. The minimum Gasteiger partial charge on any atom is -0.452 e. The maximum absolute atomic E-state index is 14.1. The van der Waals surface area contributed by atoms with Crippen molar-refractivity contribution in [3.8, 4) is 0 Å². The zero-order chi connectivity index (χ0) is 23.9. The molecule has 0 bridgehead atoms. The van der Waals surface area contributed by atoms with Crippen molar-refractivity contribution in [2.45, 2.75) is 29.4 Å². The number of anilines is 1. The third-order valence-electron chi connectivity index (χ3n) is 4.21. The van der Waals surface area contributed by atoms with Gasteiger partial charge in [0.05, 0.1) is 16.1 Å².